The molecule has 0 radical (unpaired) electrons. The Bertz CT molecular complexity index is 785. The highest BCUT2D eigenvalue weighted by atomic mass is 16.5. The van der Waals surface area contributed by atoms with Gasteiger partial charge < -0.3 is 14.6 Å². The molecule has 28 heavy (non-hydrogen) atoms. The Morgan fingerprint density at radius 2 is 2.00 bits per heavy atom. The number of ether oxygens (including phenoxy) is 2. The third kappa shape index (κ3) is 3.30. The lowest BCUT2D eigenvalue weighted by atomic mass is 9.57. The number of rotatable bonds is 5. The zero-order valence-corrected chi connectivity index (χ0v) is 17.9. The van der Waals surface area contributed by atoms with Gasteiger partial charge in [-0.05, 0) is 50.4 Å². The summed E-state index contributed by atoms with van der Waals surface area (Å²) in [5.41, 5.74) is 1.40. The molecule has 154 valence electrons. The van der Waals surface area contributed by atoms with Gasteiger partial charge in [0.05, 0.1) is 14.2 Å². The van der Waals surface area contributed by atoms with E-state index in [1.54, 1.807) is 20.3 Å². The summed E-state index contributed by atoms with van der Waals surface area (Å²) in [7, 11) is 3.12. The lowest BCUT2D eigenvalue weighted by Gasteiger charge is -2.53. The number of piperidine rings is 1. The Labute approximate surface area is 168 Å². The van der Waals surface area contributed by atoms with Crippen LogP contribution in [0.3, 0.4) is 0 Å². The Morgan fingerprint density at radius 3 is 2.61 bits per heavy atom. The maximum absolute atomic E-state index is 12.9. The van der Waals surface area contributed by atoms with Crippen LogP contribution < -0.4 is 4.74 Å². The number of phenols is 1. The van der Waals surface area contributed by atoms with E-state index in [-0.39, 0.29) is 23.5 Å². The van der Waals surface area contributed by atoms with Gasteiger partial charge in [-0.1, -0.05) is 19.9 Å². The fourth-order valence-electron chi connectivity index (χ4n) is 5.29. The van der Waals surface area contributed by atoms with E-state index in [4.69, 9.17) is 9.47 Å². The predicted molar refractivity (Wildman–Crippen MR) is 110 cm³/mol. The second-order valence-corrected chi connectivity index (χ2v) is 8.70. The molecular weight excluding hydrogens is 354 g/mol. The van der Waals surface area contributed by atoms with Crippen molar-refractivity contribution in [2.45, 2.75) is 52.0 Å². The third-order valence-electron chi connectivity index (χ3n) is 6.55. The van der Waals surface area contributed by atoms with Crippen LogP contribution in [-0.2, 0) is 14.9 Å². The lowest BCUT2D eigenvalue weighted by Crippen LogP contribution is -2.57. The summed E-state index contributed by atoms with van der Waals surface area (Å²) in [6.07, 6.45) is 3.16. The topological polar surface area (TPSA) is 59.0 Å². The van der Waals surface area contributed by atoms with Gasteiger partial charge in [-0.25, -0.2) is 0 Å². The fourth-order valence-corrected chi connectivity index (χ4v) is 5.29. The molecule has 0 bridgehead atoms. The van der Waals surface area contributed by atoms with Crippen molar-refractivity contribution in [1.82, 2.24) is 4.90 Å². The normalized spacial score (nSPS) is 28.1. The Hall–Kier alpha value is -2.01. The van der Waals surface area contributed by atoms with E-state index in [9.17, 15) is 9.90 Å². The summed E-state index contributed by atoms with van der Waals surface area (Å²) >= 11 is 0. The molecule has 2 aliphatic rings. The van der Waals surface area contributed by atoms with Crippen LogP contribution in [0.15, 0.2) is 24.0 Å². The first kappa shape index (κ1) is 20.7. The number of hydrogen-bond acceptors (Lipinski definition) is 5. The molecule has 1 aliphatic heterocycles. The second kappa shape index (κ2) is 7.78. The lowest BCUT2D eigenvalue weighted by molar-refractivity contribution is -0.122. The minimum absolute atomic E-state index is 0.00452. The molecule has 0 amide bonds. The van der Waals surface area contributed by atoms with Crippen LogP contribution in [0.1, 0.15) is 44.7 Å². The molecular formula is C23H33NO4. The molecule has 5 heteroatoms. The van der Waals surface area contributed by atoms with Crippen LogP contribution in [0.4, 0.5) is 0 Å². The van der Waals surface area contributed by atoms with E-state index in [1.807, 2.05) is 19.1 Å². The largest absolute Gasteiger partial charge is 0.504 e. The molecule has 0 aromatic heterocycles. The van der Waals surface area contributed by atoms with Crippen LogP contribution in [0.2, 0.25) is 0 Å². The maximum atomic E-state index is 12.9. The number of Topliss-reactive ketones (excluding diaryl/α,β-unsaturated/α-hetero) is 1. The highest BCUT2D eigenvalue weighted by Crippen LogP contribution is 2.54. The quantitative estimate of drug-likeness (QED) is 0.832. The van der Waals surface area contributed by atoms with Gasteiger partial charge in [0.25, 0.3) is 0 Å². The predicted octanol–water partition coefficient (Wildman–Crippen LogP) is 3.82. The first-order chi connectivity index (χ1) is 13.2. The zero-order chi connectivity index (χ0) is 20.6. The SMILES string of the molecule is COC1=CC2C(C)N(CC(C)C)CCC2(c2c(C)ccc(OC)c2O)CC1=O. The first-order valence-corrected chi connectivity index (χ1v) is 10.1. The summed E-state index contributed by atoms with van der Waals surface area (Å²) in [5.74, 6) is 1.71. The monoisotopic (exact) mass is 387 g/mol. The number of benzene rings is 1. The number of hydrogen-bond donors (Lipinski definition) is 1. The van der Waals surface area contributed by atoms with Gasteiger partial charge in [-0.2, -0.15) is 0 Å². The second-order valence-electron chi connectivity index (χ2n) is 8.70. The Balaban J connectivity index is 2.17. The summed E-state index contributed by atoms with van der Waals surface area (Å²) in [6, 6.07) is 4.00. The summed E-state index contributed by atoms with van der Waals surface area (Å²) < 4.78 is 10.8. The number of likely N-dealkylation sites (tertiary alicyclic amines) is 1. The molecule has 1 heterocycles. The van der Waals surface area contributed by atoms with E-state index >= 15 is 0 Å². The Kier molecular flexibility index (Phi) is 5.76. The van der Waals surface area contributed by atoms with Crippen molar-refractivity contribution < 1.29 is 19.4 Å². The number of carbonyl (C=O) groups is 1. The maximum Gasteiger partial charge on any atom is 0.197 e. The van der Waals surface area contributed by atoms with Crippen LogP contribution in [0.25, 0.3) is 0 Å². The van der Waals surface area contributed by atoms with E-state index in [0.717, 1.165) is 30.6 Å². The molecule has 3 rings (SSSR count). The number of phenolic OH excluding ortho intramolecular Hbond substituents is 1. The highest BCUT2D eigenvalue weighted by molar-refractivity contribution is 5.96. The highest BCUT2D eigenvalue weighted by Gasteiger charge is 2.53. The molecule has 1 N–H and O–H groups in total. The standard InChI is InChI=1S/C23H33NO4/c1-14(2)13-24-10-9-23(21-15(3)7-8-19(27-5)22(21)26)12-18(25)20(28-6)11-17(23)16(24)4/h7-8,11,14,16-17,26H,9-10,12-13H2,1-6H3. The molecule has 1 saturated heterocycles. The average Bonchev–Trinajstić information content (AvgIpc) is 2.64. The van der Waals surface area contributed by atoms with Gasteiger partial charge >= 0.3 is 0 Å². The minimum Gasteiger partial charge on any atom is -0.504 e. The average molecular weight is 388 g/mol. The van der Waals surface area contributed by atoms with Crippen molar-refractivity contribution in [2.24, 2.45) is 11.8 Å². The number of allylic oxidation sites excluding steroid dienone is 1. The first-order valence-electron chi connectivity index (χ1n) is 10.1. The van der Waals surface area contributed by atoms with Crippen LogP contribution >= 0.6 is 0 Å². The number of aromatic hydroxyl groups is 1. The van der Waals surface area contributed by atoms with Crippen LogP contribution in [0, 0.1) is 18.8 Å². The molecule has 1 aliphatic carbocycles. The van der Waals surface area contributed by atoms with Gasteiger partial charge in [0.2, 0.25) is 0 Å². The number of nitrogens with zero attached hydrogens (tertiary/aromatic N) is 1. The van der Waals surface area contributed by atoms with Gasteiger partial charge in [0.1, 0.15) is 0 Å². The van der Waals surface area contributed by atoms with Crippen molar-refractivity contribution in [1.29, 1.82) is 0 Å². The number of fused-ring (bicyclic) bond motifs is 1. The molecule has 1 fully saturated rings. The molecule has 5 nitrogen and oxygen atoms in total. The Morgan fingerprint density at radius 1 is 1.29 bits per heavy atom. The molecule has 1 aromatic carbocycles. The van der Waals surface area contributed by atoms with Crippen molar-refractivity contribution >= 4 is 5.78 Å². The number of aryl methyl sites for hydroxylation is 1. The fraction of sp³-hybridized carbons (Fsp3) is 0.609. The van der Waals surface area contributed by atoms with E-state index in [0.29, 0.717) is 23.8 Å². The number of ketones is 1. The minimum atomic E-state index is -0.450. The van der Waals surface area contributed by atoms with Crippen molar-refractivity contribution in [3.8, 4) is 11.5 Å². The summed E-state index contributed by atoms with van der Waals surface area (Å²) in [6.45, 7) is 10.6. The summed E-state index contributed by atoms with van der Waals surface area (Å²) in [5, 5.41) is 11.1. The van der Waals surface area contributed by atoms with Gasteiger partial charge in [-0.15, -0.1) is 0 Å². The van der Waals surface area contributed by atoms with Crippen LogP contribution in [0.5, 0.6) is 11.5 Å². The van der Waals surface area contributed by atoms with Gasteiger partial charge in [0, 0.05) is 35.9 Å². The molecule has 0 saturated carbocycles. The van der Waals surface area contributed by atoms with Crippen LogP contribution in [-0.4, -0.2) is 49.1 Å². The van der Waals surface area contributed by atoms with Crippen molar-refractivity contribution in [3.05, 3.63) is 35.1 Å². The smallest absolute Gasteiger partial charge is 0.197 e. The zero-order valence-electron chi connectivity index (χ0n) is 17.9. The van der Waals surface area contributed by atoms with E-state index < -0.39 is 5.41 Å². The van der Waals surface area contributed by atoms with E-state index in [2.05, 4.69) is 25.7 Å². The summed E-state index contributed by atoms with van der Waals surface area (Å²) in [4.78, 5) is 15.4. The molecule has 0 spiro atoms. The van der Waals surface area contributed by atoms with E-state index in [1.165, 1.54) is 0 Å². The van der Waals surface area contributed by atoms with Crippen molar-refractivity contribution in [2.75, 3.05) is 27.3 Å². The van der Waals surface area contributed by atoms with Gasteiger partial charge in [0.15, 0.2) is 23.0 Å². The number of methoxy groups -OCH3 is 2. The molecule has 3 atom stereocenters. The third-order valence-corrected chi connectivity index (χ3v) is 6.55. The molecule has 3 unspecified atom stereocenters. The number of carbonyl (C=O) groups excluding carboxylic acids is 1. The van der Waals surface area contributed by atoms with Crippen molar-refractivity contribution in [3.63, 3.8) is 0 Å². The molecule has 1 aromatic rings. The van der Waals surface area contributed by atoms with Gasteiger partial charge in [-0.3, -0.25) is 9.69 Å².